The lowest BCUT2D eigenvalue weighted by molar-refractivity contribution is 0.178. The van der Waals surface area contributed by atoms with Crippen molar-refractivity contribution in [3.63, 3.8) is 0 Å². The maximum absolute atomic E-state index is 4.35. The summed E-state index contributed by atoms with van der Waals surface area (Å²) in [4.78, 5) is 4.88. The highest BCUT2D eigenvalue weighted by molar-refractivity contribution is 9.10. The van der Waals surface area contributed by atoms with Gasteiger partial charge in [0.05, 0.1) is 22.4 Å². The molecule has 0 aliphatic carbocycles. The summed E-state index contributed by atoms with van der Waals surface area (Å²) >= 11 is 3.62. The number of likely N-dealkylation sites (N-methyl/N-ethyl adjacent to an activating group) is 3. The van der Waals surface area contributed by atoms with Crippen molar-refractivity contribution >= 4 is 15.9 Å². The zero-order chi connectivity index (χ0) is 14.0. The molecule has 1 fully saturated rings. The SMILES string of the molecule is CNC(c1c(Br)cnn1C)C1CN(C)CCCN1C. The predicted molar refractivity (Wildman–Crippen MR) is 81.2 cm³/mol. The van der Waals surface area contributed by atoms with E-state index in [-0.39, 0.29) is 6.04 Å². The second-order valence-electron chi connectivity index (χ2n) is 5.43. The Morgan fingerprint density at radius 3 is 2.68 bits per heavy atom. The van der Waals surface area contributed by atoms with Crippen molar-refractivity contribution in [1.82, 2.24) is 24.9 Å². The molecule has 2 atom stereocenters. The molecule has 1 N–H and O–H groups in total. The van der Waals surface area contributed by atoms with Crippen LogP contribution in [0, 0.1) is 0 Å². The fourth-order valence-electron chi connectivity index (χ4n) is 2.95. The van der Waals surface area contributed by atoms with E-state index in [1.54, 1.807) is 0 Å². The van der Waals surface area contributed by atoms with E-state index in [2.05, 4.69) is 50.2 Å². The molecule has 1 saturated heterocycles. The van der Waals surface area contributed by atoms with Gasteiger partial charge in [-0.2, -0.15) is 5.10 Å². The molecule has 0 amide bonds. The van der Waals surface area contributed by atoms with E-state index in [0.717, 1.165) is 17.6 Å². The van der Waals surface area contributed by atoms with E-state index in [9.17, 15) is 0 Å². The van der Waals surface area contributed by atoms with E-state index < -0.39 is 0 Å². The van der Waals surface area contributed by atoms with Gasteiger partial charge in [0.25, 0.3) is 0 Å². The first-order chi connectivity index (χ1) is 9.04. The van der Waals surface area contributed by atoms with Crippen LogP contribution in [0.5, 0.6) is 0 Å². The number of nitrogens with one attached hydrogen (secondary N) is 1. The minimum Gasteiger partial charge on any atom is -0.310 e. The van der Waals surface area contributed by atoms with Crippen molar-refractivity contribution in [2.45, 2.75) is 18.5 Å². The molecule has 0 radical (unpaired) electrons. The molecule has 1 aliphatic rings. The molecule has 2 heterocycles. The maximum atomic E-state index is 4.35. The Bertz CT molecular complexity index is 400. The summed E-state index contributed by atoms with van der Waals surface area (Å²) in [7, 11) is 8.46. The predicted octanol–water partition coefficient (Wildman–Crippen LogP) is 1.08. The lowest BCUT2D eigenvalue weighted by Crippen LogP contribution is -2.46. The quantitative estimate of drug-likeness (QED) is 0.900. The third kappa shape index (κ3) is 3.18. The van der Waals surface area contributed by atoms with Gasteiger partial charge in [0.15, 0.2) is 0 Å². The van der Waals surface area contributed by atoms with Crippen LogP contribution in [0.4, 0.5) is 0 Å². The number of hydrogen-bond acceptors (Lipinski definition) is 4. The van der Waals surface area contributed by atoms with Gasteiger partial charge in [-0.25, -0.2) is 0 Å². The molecule has 6 heteroatoms. The number of aromatic nitrogens is 2. The molecular formula is C13H24BrN5. The molecule has 0 spiro atoms. The molecule has 108 valence electrons. The van der Waals surface area contributed by atoms with Gasteiger partial charge >= 0.3 is 0 Å². The molecule has 0 bridgehead atoms. The average molecular weight is 330 g/mol. The van der Waals surface area contributed by atoms with Gasteiger partial charge in [-0.1, -0.05) is 0 Å². The summed E-state index contributed by atoms with van der Waals surface area (Å²) in [6.07, 6.45) is 3.10. The van der Waals surface area contributed by atoms with Crippen molar-refractivity contribution in [3.8, 4) is 0 Å². The van der Waals surface area contributed by atoms with Crippen LogP contribution in [0.3, 0.4) is 0 Å². The molecule has 2 rings (SSSR count). The Balaban J connectivity index is 2.29. The lowest BCUT2D eigenvalue weighted by Gasteiger charge is -2.34. The molecule has 2 unspecified atom stereocenters. The van der Waals surface area contributed by atoms with Crippen LogP contribution >= 0.6 is 15.9 Å². The summed E-state index contributed by atoms with van der Waals surface area (Å²) in [6, 6.07) is 0.719. The summed E-state index contributed by atoms with van der Waals surface area (Å²) < 4.78 is 3.04. The number of nitrogens with zero attached hydrogens (tertiary/aromatic N) is 4. The van der Waals surface area contributed by atoms with Gasteiger partial charge in [-0.3, -0.25) is 4.68 Å². The number of hydrogen-bond donors (Lipinski definition) is 1. The largest absolute Gasteiger partial charge is 0.310 e. The van der Waals surface area contributed by atoms with Crippen LogP contribution in [0.15, 0.2) is 10.7 Å². The monoisotopic (exact) mass is 329 g/mol. The fourth-order valence-corrected chi connectivity index (χ4v) is 3.54. The number of halogens is 1. The van der Waals surface area contributed by atoms with Crippen LogP contribution < -0.4 is 5.32 Å². The van der Waals surface area contributed by atoms with Crippen molar-refractivity contribution < 1.29 is 0 Å². The van der Waals surface area contributed by atoms with E-state index in [1.165, 1.54) is 18.7 Å². The smallest absolute Gasteiger partial charge is 0.0708 e. The van der Waals surface area contributed by atoms with Gasteiger partial charge in [0, 0.05) is 19.6 Å². The Morgan fingerprint density at radius 1 is 1.37 bits per heavy atom. The molecule has 1 aromatic rings. The highest BCUT2D eigenvalue weighted by Gasteiger charge is 2.31. The molecular weight excluding hydrogens is 306 g/mol. The molecule has 0 aromatic carbocycles. The summed E-state index contributed by atoms with van der Waals surface area (Å²) in [5.41, 5.74) is 1.22. The Hall–Kier alpha value is -0.430. The summed E-state index contributed by atoms with van der Waals surface area (Å²) in [5.74, 6) is 0. The summed E-state index contributed by atoms with van der Waals surface area (Å²) in [5, 5.41) is 7.82. The van der Waals surface area contributed by atoms with Gasteiger partial charge in [-0.15, -0.1) is 0 Å². The highest BCUT2D eigenvalue weighted by Crippen LogP contribution is 2.28. The fraction of sp³-hybridized carbons (Fsp3) is 0.769. The first kappa shape index (κ1) is 15.0. The zero-order valence-corrected chi connectivity index (χ0v) is 13.8. The third-order valence-corrected chi connectivity index (χ3v) is 4.65. The van der Waals surface area contributed by atoms with Crippen LogP contribution in [-0.2, 0) is 7.05 Å². The standard InChI is InChI=1S/C13H24BrN5/c1-15-12(13-10(14)8-16-19(13)4)11-9-17(2)6-5-7-18(11)3/h8,11-12,15H,5-7,9H2,1-4H3. The molecule has 1 aromatic heterocycles. The molecule has 19 heavy (non-hydrogen) atoms. The second kappa shape index (κ2) is 6.35. The molecule has 0 saturated carbocycles. The lowest BCUT2D eigenvalue weighted by atomic mass is 10.0. The maximum Gasteiger partial charge on any atom is 0.0708 e. The van der Waals surface area contributed by atoms with Gasteiger partial charge in [0.1, 0.15) is 0 Å². The van der Waals surface area contributed by atoms with Crippen molar-refractivity contribution in [2.75, 3.05) is 40.8 Å². The zero-order valence-electron chi connectivity index (χ0n) is 12.2. The van der Waals surface area contributed by atoms with E-state index >= 15 is 0 Å². The van der Waals surface area contributed by atoms with Gasteiger partial charge in [-0.05, 0) is 56.6 Å². The molecule has 5 nitrogen and oxygen atoms in total. The number of aryl methyl sites for hydroxylation is 1. The Labute approximate surface area is 124 Å². The molecule has 1 aliphatic heterocycles. The van der Waals surface area contributed by atoms with Crippen LogP contribution in [-0.4, -0.2) is 66.4 Å². The first-order valence-electron chi connectivity index (χ1n) is 6.78. The topological polar surface area (TPSA) is 36.3 Å². The minimum absolute atomic E-state index is 0.271. The van der Waals surface area contributed by atoms with E-state index in [4.69, 9.17) is 0 Å². The third-order valence-electron chi connectivity index (χ3n) is 4.04. The summed E-state index contributed by atoms with van der Waals surface area (Å²) in [6.45, 7) is 3.38. The van der Waals surface area contributed by atoms with Crippen molar-refractivity contribution in [3.05, 3.63) is 16.4 Å². The first-order valence-corrected chi connectivity index (χ1v) is 7.57. The van der Waals surface area contributed by atoms with Gasteiger partial charge < -0.3 is 15.1 Å². The van der Waals surface area contributed by atoms with Crippen LogP contribution in [0.25, 0.3) is 0 Å². The Morgan fingerprint density at radius 2 is 2.11 bits per heavy atom. The Kier molecular flexibility index (Phi) is 5.00. The van der Waals surface area contributed by atoms with Crippen LogP contribution in [0.1, 0.15) is 18.2 Å². The van der Waals surface area contributed by atoms with Crippen molar-refractivity contribution in [1.29, 1.82) is 0 Å². The number of rotatable bonds is 3. The van der Waals surface area contributed by atoms with Gasteiger partial charge in [0.2, 0.25) is 0 Å². The van der Waals surface area contributed by atoms with E-state index in [1.807, 2.05) is 25.0 Å². The highest BCUT2D eigenvalue weighted by atomic mass is 79.9. The van der Waals surface area contributed by atoms with Crippen molar-refractivity contribution in [2.24, 2.45) is 7.05 Å². The average Bonchev–Trinajstić information content (AvgIpc) is 2.60. The normalized spacial score (nSPS) is 24.4. The van der Waals surface area contributed by atoms with E-state index in [0.29, 0.717) is 6.04 Å². The minimum atomic E-state index is 0.271. The van der Waals surface area contributed by atoms with Crippen LogP contribution in [0.2, 0.25) is 0 Å². The second-order valence-corrected chi connectivity index (χ2v) is 6.29.